The van der Waals surface area contributed by atoms with Gasteiger partial charge >= 0.3 is 0 Å². The number of benzene rings is 5. The van der Waals surface area contributed by atoms with Crippen molar-refractivity contribution in [1.82, 2.24) is 19.5 Å². The third-order valence-corrected chi connectivity index (χ3v) is 11.8. The van der Waals surface area contributed by atoms with Crippen LogP contribution in [0.5, 0.6) is 0 Å². The predicted octanol–water partition coefficient (Wildman–Crippen LogP) is 12.8. The molecule has 5 aromatic carbocycles. The zero-order valence-electron chi connectivity index (χ0n) is 38.7. The Kier molecular flexibility index (Phi) is 9.78. The van der Waals surface area contributed by atoms with Crippen LogP contribution < -0.4 is 5.19 Å². The SMILES string of the molecule is Cc1ccc2c(n1)oc1c(-c3nc4ccccc4n3-c3ccc(-c4ccccc4)cc3)[c-]ccc12.[2H]C([2H])([2H])c1c[c-]c(-c2cc(C([2H])([2H])C(C)(C)C)c([Si](C)(C)C)cn2)cc1.[Ir]. The van der Waals surface area contributed by atoms with E-state index in [1.165, 1.54) is 17.2 Å². The molecule has 9 rings (SSSR count). The van der Waals surface area contributed by atoms with Crippen LogP contribution in [0.2, 0.25) is 19.6 Å². The van der Waals surface area contributed by atoms with Crippen LogP contribution in [0.1, 0.15) is 44.4 Å². The van der Waals surface area contributed by atoms with Gasteiger partial charge in [0.1, 0.15) is 0 Å². The average Bonchev–Trinajstić information content (AvgIpc) is 3.81. The minimum absolute atomic E-state index is 0. The monoisotopic (exact) mass is 958 g/mol. The van der Waals surface area contributed by atoms with E-state index in [-0.39, 0.29) is 25.7 Å². The molecule has 0 bridgehead atoms. The fourth-order valence-corrected chi connectivity index (χ4v) is 8.46. The van der Waals surface area contributed by atoms with Gasteiger partial charge in [0.25, 0.3) is 0 Å². The zero-order chi connectivity index (χ0) is 44.2. The van der Waals surface area contributed by atoms with Gasteiger partial charge in [-0.3, -0.25) is 4.98 Å². The molecule has 0 saturated heterocycles. The first-order valence-electron chi connectivity index (χ1n) is 21.7. The number of rotatable bonds is 6. The van der Waals surface area contributed by atoms with Crippen LogP contribution in [0.25, 0.3) is 72.6 Å². The van der Waals surface area contributed by atoms with Gasteiger partial charge in [-0.25, -0.2) is 4.98 Å². The first kappa shape index (κ1) is 34.6. The van der Waals surface area contributed by atoms with Crippen molar-refractivity contribution in [1.29, 1.82) is 0 Å². The van der Waals surface area contributed by atoms with E-state index in [0.717, 1.165) is 55.3 Å². The second kappa shape index (κ2) is 16.4. The van der Waals surface area contributed by atoms with Crippen LogP contribution in [-0.2, 0) is 26.5 Å². The molecule has 0 saturated carbocycles. The second-order valence-corrected chi connectivity index (χ2v) is 21.4. The predicted molar refractivity (Wildman–Crippen MR) is 240 cm³/mol. The Labute approximate surface area is 363 Å². The van der Waals surface area contributed by atoms with Gasteiger partial charge < -0.3 is 14.0 Å². The van der Waals surface area contributed by atoms with E-state index in [1.54, 1.807) is 18.3 Å². The Hall–Kier alpha value is -5.46. The zero-order valence-corrected chi connectivity index (χ0v) is 37.1. The summed E-state index contributed by atoms with van der Waals surface area (Å²) in [4.78, 5) is 14.2. The largest absolute Gasteiger partial charge is 0.486 e. The molecule has 0 aliphatic heterocycles. The number of aromatic nitrogens is 4. The molecule has 4 heterocycles. The van der Waals surface area contributed by atoms with Gasteiger partial charge in [-0.05, 0) is 77.1 Å². The fourth-order valence-electron chi connectivity index (χ4n) is 7.06. The molecule has 0 aliphatic rings. The molecule has 0 amide bonds. The normalized spacial score (nSPS) is 13.5. The maximum atomic E-state index is 8.79. The molecule has 0 atom stereocenters. The Morgan fingerprint density at radius 2 is 1.55 bits per heavy atom. The number of hydrogen-bond acceptors (Lipinski definition) is 4. The Balaban J connectivity index is 0.000000193. The molecule has 0 fully saturated rings. The Morgan fingerprint density at radius 3 is 2.26 bits per heavy atom. The summed E-state index contributed by atoms with van der Waals surface area (Å²) in [6, 6.07) is 48.2. The van der Waals surface area contributed by atoms with Gasteiger partial charge in [0.05, 0.1) is 30.5 Å². The van der Waals surface area contributed by atoms with Crippen LogP contribution in [0.15, 0.2) is 138 Å². The van der Waals surface area contributed by atoms with E-state index in [1.807, 2.05) is 76.2 Å². The molecule has 4 aromatic heterocycles. The van der Waals surface area contributed by atoms with Crippen molar-refractivity contribution in [2.75, 3.05) is 0 Å². The molecule has 9 aromatic rings. The molecule has 293 valence electrons. The Morgan fingerprint density at radius 1 is 0.810 bits per heavy atom. The first-order chi connectivity index (χ1) is 29.3. The molecule has 7 heteroatoms. The van der Waals surface area contributed by atoms with Crippen LogP contribution in [0, 0.1) is 31.3 Å². The Bertz CT molecular complexity index is 3060. The summed E-state index contributed by atoms with van der Waals surface area (Å²) in [5, 5.41) is 3.01. The number of imidazole rings is 1. The molecule has 5 nitrogen and oxygen atoms in total. The van der Waals surface area contributed by atoms with Gasteiger partial charge in [0.2, 0.25) is 5.71 Å². The van der Waals surface area contributed by atoms with Crippen LogP contribution in [0.4, 0.5) is 0 Å². The maximum Gasteiger partial charge on any atom is 0.216 e. The van der Waals surface area contributed by atoms with E-state index < -0.39 is 26.7 Å². The van der Waals surface area contributed by atoms with Crippen LogP contribution in [0.3, 0.4) is 0 Å². The number of fused-ring (bicyclic) bond motifs is 4. The number of hydrogen-bond donors (Lipinski definition) is 0. The van der Waals surface area contributed by atoms with E-state index in [2.05, 4.69) is 107 Å². The van der Waals surface area contributed by atoms with E-state index in [4.69, 9.17) is 16.3 Å². The number of nitrogens with zero attached hydrogens (tertiary/aromatic N) is 4. The number of furan rings is 1. The van der Waals surface area contributed by atoms with Crippen LogP contribution in [-0.4, -0.2) is 27.6 Å². The van der Waals surface area contributed by atoms with Crippen molar-refractivity contribution in [3.8, 4) is 39.5 Å². The van der Waals surface area contributed by atoms with E-state index in [9.17, 15) is 0 Å². The third kappa shape index (κ3) is 8.54. The third-order valence-electron chi connectivity index (χ3n) is 9.77. The van der Waals surface area contributed by atoms with Crippen molar-refractivity contribution < 1.29 is 31.4 Å². The summed E-state index contributed by atoms with van der Waals surface area (Å²) in [5.74, 6) is 0.792. The summed E-state index contributed by atoms with van der Waals surface area (Å²) in [6.45, 7) is 12.1. The molecule has 0 N–H and O–H groups in total. The van der Waals surface area contributed by atoms with Gasteiger partial charge in [0, 0.05) is 49.9 Å². The van der Waals surface area contributed by atoms with Gasteiger partial charge in [-0.15, -0.1) is 53.6 Å². The van der Waals surface area contributed by atoms with Crippen LogP contribution >= 0.6 is 0 Å². The molecule has 0 unspecified atom stereocenters. The average molecular weight is 958 g/mol. The molecule has 1 radical (unpaired) electrons. The van der Waals surface area contributed by atoms with Crippen molar-refractivity contribution in [2.24, 2.45) is 5.41 Å². The quantitative estimate of drug-likeness (QED) is 0.123. The summed E-state index contributed by atoms with van der Waals surface area (Å²) >= 11 is 0. The molecule has 0 aliphatic carbocycles. The topological polar surface area (TPSA) is 56.7 Å². The van der Waals surface area contributed by atoms with Crippen molar-refractivity contribution >= 4 is 46.4 Å². The summed E-state index contributed by atoms with van der Waals surface area (Å²) in [6.07, 6.45) is 0.269. The fraction of sp³-hybridized carbons (Fsp3) is 0.196. The summed E-state index contributed by atoms with van der Waals surface area (Å²) in [7, 11) is -1.81. The summed E-state index contributed by atoms with van der Waals surface area (Å²) < 4.78 is 48.5. The first-order valence-corrected chi connectivity index (χ1v) is 22.7. The molecule has 0 spiro atoms. The molecular formula is C51H48IrN4OSi-2. The number of pyridine rings is 2. The minimum Gasteiger partial charge on any atom is -0.486 e. The molecular weight excluding hydrogens is 905 g/mol. The van der Waals surface area contributed by atoms with Gasteiger partial charge in [-0.1, -0.05) is 124 Å². The van der Waals surface area contributed by atoms with Gasteiger partial charge in [0.15, 0.2) is 0 Å². The van der Waals surface area contributed by atoms with Crippen molar-refractivity contribution in [3.05, 3.63) is 163 Å². The number of aryl methyl sites for hydroxylation is 2. The van der Waals surface area contributed by atoms with Crippen molar-refractivity contribution in [3.63, 3.8) is 0 Å². The minimum atomic E-state index is -2.17. The standard InChI is InChI=1S/C31H20N3O.C20H28NSi.Ir/c1-20-14-19-25-24-10-7-11-26(29(24)35-31(25)32-20)30-33-27-12-5-6-13-28(27)34(30)23-17-15-22(16-18-23)21-8-3-2-4-9-21;1-15-8-10-16(11-9-15)18-12-17(13-20(2,3)4)19(14-21-18)22(5,6)7;/h2-10,12-19H,1H3;8-10,12,14H,13H2,1-7H3;/q2*-1;/i;1D3,13D2;. The van der Waals surface area contributed by atoms with Gasteiger partial charge in [-0.2, -0.15) is 0 Å². The smallest absolute Gasteiger partial charge is 0.216 e. The maximum absolute atomic E-state index is 8.79. The molecule has 58 heavy (non-hydrogen) atoms. The number of para-hydroxylation sites is 2. The van der Waals surface area contributed by atoms with E-state index in [0.29, 0.717) is 22.5 Å². The van der Waals surface area contributed by atoms with Crippen molar-refractivity contribution in [2.45, 2.75) is 60.6 Å². The second-order valence-electron chi connectivity index (χ2n) is 16.4. The van der Waals surface area contributed by atoms with E-state index >= 15 is 0 Å². The summed E-state index contributed by atoms with van der Waals surface area (Å²) in [5.41, 5.74) is 10.1.